The summed E-state index contributed by atoms with van der Waals surface area (Å²) in [5.41, 5.74) is 1.95. The summed E-state index contributed by atoms with van der Waals surface area (Å²) in [7, 11) is 1.82. The van der Waals surface area contributed by atoms with Crippen LogP contribution < -0.4 is 0 Å². The van der Waals surface area contributed by atoms with E-state index >= 15 is 0 Å². The van der Waals surface area contributed by atoms with Crippen LogP contribution in [0.1, 0.15) is 31.0 Å². The average molecular weight is 167 g/mol. The molecule has 1 heterocycles. The molecule has 0 aliphatic heterocycles. The van der Waals surface area contributed by atoms with Gasteiger partial charge in [-0.3, -0.25) is 4.68 Å². The largest absolute Gasteiger partial charge is 0.411 e. The fourth-order valence-corrected chi connectivity index (χ4v) is 1.12. The first kappa shape index (κ1) is 8.77. The molecule has 0 amide bonds. The van der Waals surface area contributed by atoms with Gasteiger partial charge in [-0.15, -0.1) is 0 Å². The second kappa shape index (κ2) is 3.38. The third-order valence-electron chi connectivity index (χ3n) is 1.82. The Balaban J connectivity index is 3.12. The zero-order valence-corrected chi connectivity index (χ0v) is 7.52. The standard InChI is InChI=1S/C8H13N3O/c1-6(2)7-4-9-11(3)8(7)5-10-12/h4-6,12H,1-3H3. The molecule has 0 saturated carbocycles. The molecule has 0 saturated heterocycles. The van der Waals surface area contributed by atoms with Gasteiger partial charge in [0.25, 0.3) is 0 Å². The second-order valence-corrected chi connectivity index (χ2v) is 3.01. The van der Waals surface area contributed by atoms with Crippen molar-refractivity contribution in [3.63, 3.8) is 0 Å². The molecule has 1 rings (SSSR count). The summed E-state index contributed by atoms with van der Waals surface area (Å²) in [5, 5.41) is 15.5. The van der Waals surface area contributed by atoms with Crippen molar-refractivity contribution in [1.82, 2.24) is 9.78 Å². The highest BCUT2D eigenvalue weighted by Gasteiger charge is 2.09. The minimum Gasteiger partial charge on any atom is -0.411 e. The summed E-state index contributed by atoms with van der Waals surface area (Å²) in [5.74, 6) is 0.395. The maximum Gasteiger partial charge on any atom is 0.0917 e. The second-order valence-electron chi connectivity index (χ2n) is 3.01. The number of rotatable bonds is 2. The van der Waals surface area contributed by atoms with E-state index in [1.165, 1.54) is 6.21 Å². The topological polar surface area (TPSA) is 50.4 Å². The lowest BCUT2D eigenvalue weighted by Crippen LogP contribution is -2.00. The summed E-state index contributed by atoms with van der Waals surface area (Å²) in [6, 6.07) is 0. The maximum absolute atomic E-state index is 8.40. The normalized spacial score (nSPS) is 11.7. The van der Waals surface area contributed by atoms with Gasteiger partial charge < -0.3 is 5.21 Å². The van der Waals surface area contributed by atoms with Gasteiger partial charge in [0, 0.05) is 12.6 Å². The fourth-order valence-electron chi connectivity index (χ4n) is 1.12. The Bertz CT molecular complexity index is 288. The summed E-state index contributed by atoms with van der Waals surface area (Å²) in [4.78, 5) is 0. The molecule has 1 aromatic heterocycles. The number of hydrogen-bond donors (Lipinski definition) is 1. The number of hydrogen-bond acceptors (Lipinski definition) is 3. The first-order valence-corrected chi connectivity index (χ1v) is 3.86. The molecule has 0 unspecified atom stereocenters. The highest BCUT2D eigenvalue weighted by Crippen LogP contribution is 2.16. The third kappa shape index (κ3) is 1.47. The quantitative estimate of drug-likeness (QED) is 0.410. The molecule has 0 aliphatic carbocycles. The molecular formula is C8H13N3O. The fraction of sp³-hybridized carbons (Fsp3) is 0.500. The molecule has 0 fully saturated rings. The highest BCUT2D eigenvalue weighted by atomic mass is 16.4. The van der Waals surface area contributed by atoms with E-state index in [9.17, 15) is 0 Å². The van der Waals surface area contributed by atoms with Crippen molar-refractivity contribution in [2.24, 2.45) is 12.2 Å². The van der Waals surface area contributed by atoms with Gasteiger partial charge in [-0.05, 0) is 5.92 Å². The van der Waals surface area contributed by atoms with Crippen molar-refractivity contribution in [1.29, 1.82) is 0 Å². The molecule has 66 valence electrons. The van der Waals surface area contributed by atoms with Crippen LogP contribution in [-0.4, -0.2) is 21.2 Å². The minimum absolute atomic E-state index is 0.395. The Labute approximate surface area is 71.5 Å². The summed E-state index contributed by atoms with van der Waals surface area (Å²) >= 11 is 0. The van der Waals surface area contributed by atoms with Gasteiger partial charge in [-0.1, -0.05) is 19.0 Å². The van der Waals surface area contributed by atoms with E-state index in [0.29, 0.717) is 5.92 Å². The van der Waals surface area contributed by atoms with E-state index in [1.807, 2.05) is 7.05 Å². The first-order chi connectivity index (χ1) is 5.66. The lowest BCUT2D eigenvalue weighted by Gasteiger charge is -2.02. The predicted molar refractivity (Wildman–Crippen MR) is 46.7 cm³/mol. The van der Waals surface area contributed by atoms with Gasteiger partial charge in [-0.25, -0.2) is 0 Å². The van der Waals surface area contributed by atoms with Crippen LogP contribution in [0.3, 0.4) is 0 Å². The van der Waals surface area contributed by atoms with Crippen molar-refractivity contribution >= 4 is 6.21 Å². The third-order valence-corrected chi connectivity index (χ3v) is 1.82. The monoisotopic (exact) mass is 167 g/mol. The average Bonchev–Trinajstić information content (AvgIpc) is 2.34. The lowest BCUT2D eigenvalue weighted by atomic mass is 10.1. The molecule has 1 N–H and O–H groups in total. The minimum atomic E-state index is 0.395. The van der Waals surface area contributed by atoms with E-state index in [2.05, 4.69) is 24.1 Å². The Morgan fingerprint density at radius 2 is 2.33 bits per heavy atom. The molecule has 0 aliphatic rings. The molecule has 0 aromatic carbocycles. The molecule has 4 nitrogen and oxygen atoms in total. The van der Waals surface area contributed by atoms with E-state index in [0.717, 1.165) is 11.3 Å². The van der Waals surface area contributed by atoms with Crippen molar-refractivity contribution in [2.75, 3.05) is 0 Å². The Hall–Kier alpha value is -1.32. The van der Waals surface area contributed by atoms with Crippen LogP contribution in [0.4, 0.5) is 0 Å². The molecular weight excluding hydrogens is 154 g/mol. The van der Waals surface area contributed by atoms with Crippen LogP contribution in [0.5, 0.6) is 0 Å². The van der Waals surface area contributed by atoms with E-state index < -0.39 is 0 Å². The maximum atomic E-state index is 8.40. The number of oxime groups is 1. The van der Waals surface area contributed by atoms with Crippen molar-refractivity contribution in [3.05, 3.63) is 17.5 Å². The zero-order chi connectivity index (χ0) is 9.14. The molecule has 4 heteroatoms. The highest BCUT2D eigenvalue weighted by molar-refractivity contribution is 5.79. The Morgan fingerprint density at radius 3 is 2.83 bits per heavy atom. The Kier molecular flexibility index (Phi) is 2.47. The van der Waals surface area contributed by atoms with Crippen molar-refractivity contribution in [3.8, 4) is 0 Å². The van der Waals surface area contributed by atoms with Crippen LogP contribution in [0.2, 0.25) is 0 Å². The molecule has 0 bridgehead atoms. The van der Waals surface area contributed by atoms with Gasteiger partial charge >= 0.3 is 0 Å². The summed E-state index contributed by atoms with van der Waals surface area (Å²) in [6.45, 7) is 4.15. The van der Waals surface area contributed by atoms with Gasteiger partial charge in [0.05, 0.1) is 18.1 Å². The van der Waals surface area contributed by atoms with Crippen molar-refractivity contribution in [2.45, 2.75) is 19.8 Å². The van der Waals surface area contributed by atoms with Crippen LogP contribution in [0.25, 0.3) is 0 Å². The number of aromatic nitrogens is 2. The molecule has 12 heavy (non-hydrogen) atoms. The molecule has 0 atom stereocenters. The van der Waals surface area contributed by atoms with E-state index in [1.54, 1.807) is 10.9 Å². The smallest absolute Gasteiger partial charge is 0.0917 e. The predicted octanol–water partition coefficient (Wildman–Crippen LogP) is 1.35. The van der Waals surface area contributed by atoms with E-state index in [4.69, 9.17) is 5.21 Å². The molecule has 0 radical (unpaired) electrons. The number of nitrogens with zero attached hydrogens (tertiary/aromatic N) is 3. The summed E-state index contributed by atoms with van der Waals surface area (Å²) in [6.07, 6.45) is 3.20. The molecule has 0 spiro atoms. The number of aryl methyl sites for hydroxylation is 1. The van der Waals surface area contributed by atoms with Crippen LogP contribution >= 0.6 is 0 Å². The van der Waals surface area contributed by atoms with Gasteiger partial charge in [0.2, 0.25) is 0 Å². The lowest BCUT2D eigenvalue weighted by molar-refractivity contribution is 0.321. The van der Waals surface area contributed by atoms with Crippen molar-refractivity contribution < 1.29 is 5.21 Å². The first-order valence-electron chi connectivity index (χ1n) is 3.86. The van der Waals surface area contributed by atoms with Crippen LogP contribution in [0.15, 0.2) is 11.4 Å². The zero-order valence-electron chi connectivity index (χ0n) is 7.52. The summed E-state index contributed by atoms with van der Waals surface area (Å²) < 4.78 is 1.69. The SMILES string of the molecule is CC(C)c1cnn(C)c1C=NO. The van der Waals surface area contributed by atoms with Gasteiger partial charge in [0.1, 0.15) is 0 Å². The van der Waals surface area contributed by atoms with E-state index in [-0.39, 0.29) is 0 Å². The molecule has 1 aromatic rings. The Morgan fingerprint density at radius 1 is 1.67 bits per heavy atom. The van der Waals surface area contributed by atoms with Gasteiger partial charge in [-0.2, -0.15) is 5.10 Å². The van der Waals surface area contributed by atoms with Gasteiger partial charge in [0.15, 0.2) is 0 Å². The van der Waals surface area contributed by atoms with Crippen LogP contribution in [0, 0.1) is 0 Å². The van der Waals surface area contributed by atoms with Crippen LogP contribution in [-0.2, 0) is 7.05 Å².